The molecule has 1 heterocycles. The Bertz CT molecular complexity index is 538. The highest BCUT2D eigenvalue weighted by Crippen LogP contribution is 2.18. The Balaban J connectivity index is 2.71. The number of benzene rings is 1. The average Bonchev–Trinajstić information content (AvgIpc) is 2.27. The molecule has 2 rings (SSSR count). The lowest BCUT2D eigenvalue weighted by molar-refractivity contribution is 0.103. The quantitative estimate of drug-likeness (QED) is 0.547. The summed E-state index contributed by atoms with van der Waals surface area (Å²) < 4.78 is 0. The molecule has 0 saturated heterocycles. The molecule has 0 aliphatic rings. The van der Waals surface area contributed by atoms with Gasteiger partial charge >= 0.3 is 0 Å². The second-order valence-electron chi connectivity index (χ2n) is 3.49. The molecule has 0 spiro atoms. The third kappa shape index (κ3) is 1.66. The van der Waals surface area contributed by atoms with Gasteiger partial charge in [0.2, 0.25) is 0 Å². The van der Waals surface area contributed by atoms with E-state index >= 15 is 0 Å². The van der Waals surface area contributed by atoms with Gasteiger partial charge in [-0.15, -0.1) is 0 Å². The molecule has 0 aliphatic heterocycles. The normalized spacial score (nSPS) is 10.2. The Hall–Kier alpha value is -1.96. The number of Topliss-reactive ketones (excluding diaryl/α,β-unsaturated/α-hetero) is 1. The molecule has 0 saturated carbocycles. The number of para-hydroxylation sites is 1. The first-order valence-corrected chi connectivity index (χ1v) is 4.74. The van der Waals surface area contributed by atoms with Crippen LogP contribution in [0.3, 0.4) is 0 Å². The molecule has 0 atom stereocenters. The maximum Gasteiger partial charge on any atom is 0.188 e. The van der Waals surface area contributed by atoms with Crippen LogP contribution in [0.15, 0.2) is 48.7 Å². The summed E-state index contributed by atoms with van der Waals surface area (Å²) >= 11 is 0. The number of allylic oxidation sites excluding steroid dienone is 1. The summed E-state index contributed by atoms with van der Waals surface area (Å²) in [7, 11) is 0. The topological polar surface area (TPSA) is 30.0 Å². The van der Waals surface area contributed by atoms with Gasteiger partial charge in [0, 0.05) is 17.1 Å². The number of carbonyl (C=O) groups is 1. The van der Waals surface area contributed by atoms with Crippen LogP contribution in [-0.4, -0.2) is 10.8 Å². The van der Waals surface area contributed by atoms with E-state index in [0.29, 0.717) is 11.1 Å². The smallest absolute Gasteiger partial charge is 0.188 e. The zero-order chi connectivity index (χ0) is 10.8. The number of hydrogen-bond acceptors (Lipinski definition) is 2. The standard InChI is InChI=1S/C13H11NO/c1-9(2)13(15)11-7-8-14-12-6-4-3-5-10(11)12/h3-8H,1H2,2H3. The van der Waals surface area contributed by atoms with E-state index in [1.54, 1.807) is 19.2 Å². The van der Waals surface area contributed by atoms with Crippen LogP contribution in [0.25, 0.3) is 10.9 Å². The molecular weight excluding hydrogens is 186 g/mol. The van der Waals surface area contributed by atoms with E-state index in [1.165, 1.54) is 0 Å². The fraction of sp³-hybridized carbons (Fsp3) is 0.0769. The van der Waals surface area contributed by atoms with Crippen LogP contribution in [0.2, 0.25) is 0 Å². The predicted molar refractivity (Wildman–Crippen MR) is 60.9 cm³/mol. The van der Waals surface area contributed by atoms with Gasteiger partial charge in [-0.05, 0) is 24.6 Å². The SMILES string of the molecule is C=C(C)C(=O)c1ccnc2ccccc12. The molecule has 0 aliphatic carbocycles. The zero-order valence-corrected chi connectivity index (χ0v) is 8.53. The van der Waals surface area contributed by atoms with E-state index in [-0.39, 0.29) is 5.78 Å². The Morgan fingerprint density at radius 3 is 2.73 bits per heavy atom. The lowest BCUT2D eigenvalue weighted by Crippen LogP contribution is -2.00. The van der Waals surface area contributed by atoms with Crippen molar-refractivity contribution in [2.24, 2.45) is 0 Å². The highest BCUT2D eigenvalue weighted by Gasteiger charge is 2.10. The summed E-state index contributed by atoms with van der Waals surface area (Å²) in [5.41, 5.74) is 2.06. The Kier molecular flexibility index (Phi) is 2.34. The van der Waals surface area contributed by atoms with Crippen molar-refractivity contribution in [1.82, 2.24) is 4.98 Å². The van der Waals surface area contributed by atoms with E-state index < -0.39 is 0 Å². The molecule has 0 N–H and O–H groups in total. The number of ketones is 1. The molecule has 1 aromatic heterocycles. The Morgan fingerprint density at radius 1 is 1.27 bits per heavy atom. The van der Waals surface area contributed by atoms with Crippen molar-refractivity contribution in [3.63, 3.8) is 0 Å². The van der Waals surface area contributed by atoms with E-state index in [1.807, 2.05) is 24.3 Å². The van der Waals surface area contributed by atoms with Gasteiger partial charge in [-0.1, -0.05) is 24.8 Å². The van der Waals surface area contributed by atoms with Crippen molar-refractivity contribution in [3.05, 3.63) is 54.2 Å². The van der Waals surface area contributed by atoms with Crippen LogP contribution in [0, 0.1) is 0 Å². The Morgan fingerprint density at radius 2 is 2.00 bits per heavy atom. The Labute approximate surface area is 88.3 Å². The summed E-state index contributed by atoms with van der Waals surface area (Å²) in [5, 5.41) is 0.882. The van der Waals surface area contributed by atoms with E-state index in [2.05, 4.69) is 11.6 Å². The minimum atomic E-state index is -0.0198. The van der Waals surface area contributed by atoms with Gasteiger partial charge in [0.05, 0.1) is 5.52 Å². The van der Waals surface area contributed by atoms with Crippen molar-refractivity contribution in [2.75, 3.05) is 0 Å². The number of rotatable bonds is 2. The van der Waals surface area contributed by atoms with Crippen molar-refractivity contribution < 1.29 is 4.79 Å². The minimum absolute atomic E-state index is 0.0198. The molecule has 74 valence electrons. The first-order chi connectivity index (χ1) is 7.20. The number of aromatic nitrogens is 1. The van der Waals surface area contributed by atoms with E-state index in [9.17, 15) is 4.79 Å². The maximum absolute atomic E-state index is 11.8. The molecular formula is C13H11NO. The minimum Gasteiger partial charge on any atom is -0.289 e. The van der Waals surface area contributed by atoms with Crippen LogP contribution < -0.4 is 0 Å². The number of carbonyl (C=O) groups excluding carboxylic acids is 1. The number of hydrogen-bond donors (Lipinski definition) is 0. The van der Waals surface area contributed by atoms with E-state index in [0.717, 1.165) is 10.9 Å². The molecule has 1 aromatic carbocycles. The summed E-state index contributed by atoms with van der Waals surface area (Å²) in [6.07, 6.45) is 1.65. The first kappa shape index (κ1) is 9.59. The number of fused-ring (bicyclic) bond motifs is 1. The van der Waals surface area contributed by atoms with Gasteiger partial charge in [-0.25, -0.2) is 0 Å². The van der Waals surface area contributed by atoms with Gasteiger partial charge < -0.3 is 0 Å². The van der Waals surface area contributed by atoms with Crippen LogP contribution in [0.5, 0.6) is 0 Å². The summed E-state index contributed by atoms with van der Waals surface area (Å²) in [6.45, 7) is 5.39. The van der Waals surface area contributed by atoms with Crippen LogP contribution in [0.4, 0.5) is 0 Å². The summed E-state index contributed by atoms with van der Waals surface area (Å²) in [5.74, 6) is -0.0198. The van der Waals surface area contributed by atoms with Gasteiger partial charge in [-0.2, -0.15) is 0 Å². The fourth-order valence-electron chi connectivity index (χ4n) is 1.52. The zero-order valence-electron chi connectivity index (χ0n) is 8.53. The maximum atomic E-state index is 11.8. The van der Waals surface area contributed by atoms with Crippen molar-refractivity contribution >= 4 is 16.7 Å². The molecule has 15 heavy (non-hydrogen) atoms. The van der Waals surface area contributed by atoms with E-state index in [4.69, 9.17) is 0 Å². The van der Waals surface area contributed by atoms with Crippen molar-refractivity contribution in [3.8, 4) is 0 Å². The molecule has 0 amide bonds. The molecule has 0 unspecified atom stereocenters. The molecule has 2 aromatic rings. The lowest BCUT2D eigenvalue weighted by Gasteiger charge is -2.03. The third-order valence-corrected chi connectivity index (χ3v) is 2.28. The molecule has 0 bridgehead atoms. The summed E-state index contributed by atoms with van der Waals surface area (Å²) in [6, 6.07) is 9.34. The molecule has 0 fully saturated rings. The van der Waals surface area contributed by atoms with Gasteiger partial charge in [0.1, 0.15) is 0 Å². The molecule has 2 heteroatoms. The second-order valence-corrected chi connectivity index (χ2v) is 3.49. The number of pyridine rings is 1. The fourth-order valence-corrected chi connectivity index (χ4v) is 1.52. The second kappa shape index (κ2) is 3.65. The summed E-state index contributed by atoms with van der Waals surface area (Å²) in [4.78, 5) is 16.0. The first-order valence-electron chi connectivity index (χ1n) is 4.74. The van der Waals surface area contributed by atoms with Crippen LogP contribution in [-0.2, 0) is 0 Å². The van der Waals surface area contributed by atoms with Crippen molar-refractivity contribution in [2.45, 2.75) is 6.92 Å². The molecule has 2 nitrogen and oxygen atoms in total. The largest absolute Gasteiger partial charge is 0.289 e. The van der Waals surface area contributed by atoms with Crippen LogP contribution in [0.1, 0.15) is 17.3 Å². The highest BCUT2D eigenvalue weighted by molar-refractivity contribution is 6.15. The number of nitrogens with zero attached hydrogens (tertiary/aromatic N) is 1. The van der Waals surface area contributed by atoms with Crippen molar-refractivity contribution in [1.29, 1.82) is 0 Å². The monoisotopic (exact) mass is 197 g/mol. The highest BCUT2D eigenvalue weighted by atomic mass is 16.1. The third-order valence-electron chi connectivity index (χ3n) is 2.28. The van der Waals surface area contributed by atoms with Crippen LogP contribution >= 0.6 is 0 Å². The van der Waals surface area contributed by atoms with Gasteiger partial charge in [0.15, 0.2) is 5.78 Å². The van der Waals surface area contributed by atoms with Gasteiger partial charge in [-0.3, -0.25) is 9.78 Å². The lowest BCUT2D eigenvalue weighted by atomic mass is 10.0. The van der Waals surface area contributed by atoms with Gasteiger partial charge in [0.25, 0.3) is 0 Å². The average molecular weight is 197 g/mol. The molecule has 0 radical (unpaired) electrons. The predicted octanol–water partition coefficient (Wildman–Crippen LogP) is 2.99.